The Morgan fingerprint density at radius 3 is 2.44 bits per heavy atom. The number of halogens is 2. The molecule has 0 unspecified atom stereocenters. The Hall–Kier alpha value is -2.02. The molecule has 1 aromatic carbocycles. The van der Waals surface area contributed by atoms with Crippen LogP contribution in [-0.4, -0.2) is 23.0 Å². The van der Waals surface area contributed by atoms with Crippen molar-refractivity contribution in [2.45, 2.75) is 19.4 Å². The maximum absolute atomic E-state index is 13.0. The van der Waals surface area contributed by atoms with Crippen LogP contribution >= 0.6 is 0 Å². The van der Waals surface area contributed by atoms with Gasteiger partial charge in [0.05, 0.1) is 17.3 Å². The lowest BCUT2D eigenvalue weighted by molar-refractivity contribution is -0.117. The summed E-state index contributed by atoms with van der Waals surface area (Å²) in [5, 5.41) is 11.0. The second kappa shape index (κ2) is 5.54. The van der Waals surface area contributed by atoms with Crippen LogP contribution in [0.3, 0.4) is 0 Å². The van der Waals surface area contributed by atoms with Crippen molar-refractivity contribution < 1.29 is 23.5 Å². The number of anilines is 1. The van der Waals surface area contributed by atoms with Gasteiger partial charge < -0.3 is 16.2 Å². The summed E-state index contributed by atoms with van der Waals surface area (Å²) in [5.74, 6) is -4.69. The molecule has 0 fully saturated rings. The van der Waals surface area contributed by atoms with Crippen molar-refractivity contribution in [3.63, 3.8) is 0 Å². The lowest BCUT2D eigenvalue weighted by atomic mass is 10.1. The van der Waals surface area contributed by atoms with Crippen LogP contribution in [-0.2, 0) is 4.79 Å². The van der Waals surface area contributed by atoms with E-state index in [9.17, 15) is 18.4 Å². The summed E-state index contributed by atoms with van der Waals surface area (Å²) in [7, 11) is 0. The lowest BCUT2D eigenvalue weighted by Crippen LogP contribution is -2.35. The smallest absolute Gasteiger partial charge is 0.337 e. The Morgan fingerprint density at radius 2 is 1.94 bits per heavy atom. The number of amides is 1. The van der Waals surface area contributed by atoms with Crippen molar-refractivity contribution in [3.8, 4) is 0 Å². The van der Waals surface area contributed by atoms with E-state index in [0.29, 0.717) is 18.6 Å². The monoisotopic (exact) mass is 258 g/mol. The molecule has 0 radical (unpaired) electrons. The normalized spacial score (nSPS) is 12.0. The van der Waals surface area contributed by atoms with Gasteiger partial charge in [-0.3, -0.25) is 4.79 Å². The summed E-state index contributed by atoms with van der Waals surface area (Å²) in [6.07, 6.45) is 0.331. The van der Waals surface area contributed by atoms with E-state index in [4.69, 9.17) is 10.8 Å². The van der Waals surface area contributed by atoms with Crippen molar-refractivity contribution in [1.29, 1.82) is 0 Å². The zero-order valence-electron chi connectivity index (χ0n) is 9.54. The van der Waals surface area contributed by atoms with E-state index in [0.717, 1.165) is 0 Å². The number of carbonyl (C=O) groups is 2. The number of carboxylic acid groups (broad SMARTS) is 1. The highest BCUT2D eigenvalue weighted by molar-refractivity contribution is 6.02. The number of rotatable bonds is 4. The number of hydrogen-bond acceptors (Lipinski definition) is 3. The summed E-state index contributed by atoms with van der Waals surface area (Å²) in [6.45, 7) is 1.66. The molecular weight excluding hydrogens is 246 g/mol. The fourth-order valence-corrected chi connectivity index (χ4v) is 1.24. The van der Waals surface area contributed by atoms with E-state index >= 15 is 0 Å². The molecule has 98 valence electrons. The first-order valence-corrected chi connectivity index (χ1v) is 5.15. The van der Waals surface area contributed by atoms with Crippen molar-refractivity contribution in [3.05, 3.63) is 29.3 Å². The minimum absolute atomic E-state index is 0.324. The predicted molar refractivity (Wildman–Crippen MR) is 60.2 cm³/mol. The second-order valence-corrected chi connectivity index (χ2v) is 3.62. The number of carboxylic acids is 1. The summed E-state index contributed by atoms with van der Waals surface area (Å²) in [5.41, 5.74) is 4.57. The number of aromatic carboxylic acids is 1. The van der Waals surface area contributed by atoms with E-state index in [1.807, 2.05) is 0 Å². The molecule has 5 nitrogen and oxygen atoms in total. The number of carbonyl (C=O) groups excluding carboxylic acids is 1. The van der Waals surface area contributed by atoms with Crippen LogP contribution in [0.2, 0.25) is 0 Å². The summed E-state index contributed by atoms with van der Waals surface area (Å²) < 4.78 is 25.9. The highest BCUT2D eigenvalue weighted by atomic mass is 19.2. The third-order valence-corrected chi connectivity index (χ3v) is 2.33. The molecule has 1 rings (SSSR count). The molecule has 0 spiro atoms. The average molecular weight is 258 g/mol. The molecule has 1 aromatic rings. The van der Waals surface area contributed by atoms with Gasteiger partial charge in [-0.1, -0.05) is 6.92 Å². The minimum atomic E-state index is -1.48. The van der Waals surface area contributed by atoms with E-state index in [2.05, 4.69) is 5.32 Å². The fourth-order valence-electron chi connectivity index (χ4n) is 1.24. The molecule has 7 heteroatoms. The van der Waals surface area contributed by atoms with Crippen molar-refractivity contribution in [2.75, 3.05) is 5.32 Å². The Labute approximate surface area is 102 Å². The SMILES string of the molecule is CC[C@@H](N)C(=O)Nc1cc(F)c(F)cc1C(=O)O. The van der Waals surface area contributed by atoms with Crippen LogP contribution in [0.5, 0.6) is 0 Å². The second-order valence-electron chi connectivity index (χ2n) is 3.62. The zero-order chi connectivity index (χ0) is 13.9. The molecule has 4 N–H and O–H groups in total. The standard InChI is InChI=1S/C11H12F2N2O3/c1-2-8(14)10(16)15-9-4-7(13)6(12)3-5(9)11(17)18/h3-4,8H,2,14H2,1H3,(H,15,16)(H,17,18)/t8-/m1/s1. The molecule has 0 aliphatic rings. The van der Waals surface area contributed by atoms with Gasteiger partial charge in [0.25, 0.3) is 0 Å². The topological polar surface area (TPSA) is 92.4 Å². The summed E-state index contributed by atoms with van der Waals surface area (Å²) in [4.78, 5) is 22.3. The van der Waals surface area contributed by atoms with Crippen LogP contribution < -0.4 is 11.1 Å². The lowest BCUT2D eigenvalue weighted by Gasteiger charge is -2.12. The van der Waals surface area contributed by atoms with Gasteiger partial charge >= 0.3 is 5.97 Å². The Bertz CT molecular complexity index is 491. The molecule has 18 heavy (non-hydrogen) atoms. The molecular formula is C11H12F2N2O3. The van der Waals surface area contributed by atoms with Gasteiger partial charge in [-0.05, 0) is 12.5 Å². The Kier molecular flexibility index (Phi) is 4.33. The maximum atomic E-state index is 13.0. The van der Waals surface area contributed by atoms with Gasteiger partial charge in [-0.25, -0.2) is 13.6 Å². The number of hydrogen-bond donors (Lipinski definition) is 3. The van der Waals surface area contributed by atoms with Gasteiger partial charge in [0, 0.05) is 6.07 Å². The number of benzene rings is 1. The van der Waals surface area contributed by atoms with Crippen LogP contribution in [0, 0.1) is 11.6 Å². The van der Waals surface area contributed by atoms with Gasteiger partial charge in [-0.2, -0.15) is 0 Å². The van der Waals surface area contributed by atoms with Gasteiger partial charge in [0.1, 0.15) is 0 Å². The first-order chi connectivity index (χ1) is 8.36. The van der Waals surface area contributed by atoms with Crippen LogP contribution in [0.1, 0.15) is 23.7 Å². The minimum Gasteiger partial charge on any atom is -0.478 e. The maximum Gasteiger partial charge on any atom is 0.337 e. The van der Waals surface area contributed by atoms with Gasteiger partial charge in [-0.15, -0.1) is 0 Å². The van der Waals surface area contributed by atoms with Crippen LogP contribution in [0.4, 0.5) is 14.5 Å². The Morgan fingerprint density at radius 1 is 1.39 bits per heavy atom. The third kappa shape index (κ3) is 3.01. The highest BCUT2D eigenvalue weighted by Gasteiger charge is 2.19. The van der Waals surface area contributed by atoms with Crippen molar-refractivity contribution >= 4 is 17.6 Å². The van der Waals surface area contributed by atoms with E-state index in [-0.39, 0.29) is 5.69 Å². The Balaban J connectivity index is 3.11. The van der Waals surface area contributed by atoms with Gasteiger partial charge in [0.15, 0.2) is 11.6 Å². The van der Waals surface area contributed by atoms with E-state index in [1.165, 1.54) is 0 Å². The van der Waals surface area contributed by atoms with Crippen LogP contribution in [0.15, 0.2) is 12.1 Å². The molecule has 0 aliphatic carbocycles. The highest BCUT2D eigenvalue weighted by Crippen LogP contribution is 2.20. The summed E-state index contributed by atoms with van der Waals surface area (Å²) in [6, 6.07) is 0.267. The van der Waals surface area contributed by atoms with Gasteiger partial charge in [0.2, 0.25) is 5.91 Å². The van der Waals surface area contributed by atoms with Crippen molar-refractivity contribution in [2.24, 2.45) is 5.73 Å². The molecule has 0 bridgehead atoms. The molecule has 0 saturated carbocycles. The molecule has 0 aromatic heterocycles. The average Bonchev–Trinajstić information content (AvgIpc) is 2.31. The first kappa shape index (κ1) is 14.0. The van der Waals surface area contributed by atoms with E-state index in [1.54, 1.807) is 6.92 Å². The van der Waals surface area contributed by atoms with Crippen molar-refractivity contribution in [1.82, 2.24) is 0 Å². The first-order valence-electron chi connectivity index (χ1n) is 5.15. The quantitative estimate of drug-likeness (QED) is 0.759. The number of nitrogens with one attached hydrogen (secondary N) is 1. The largest absolute Gasteiger partial charge is 0.478 e. The van der Waals surface area contributed by atoms with Crippen LogP contribution in [0.25, 0.3) is 0 Å². The third-order valence-electron chi connectivity index (χ3n) is 2.33. The molecule has 0 saturated heterocycles. The predicted octanol–water partition coefficient (Wildman–Crippen LogP) is 1.34. The summed E-state index contributed by atoms with van der Waals surface area (Å²) >= 11 is 0. The molecule has 0 aliphatic heterocycles. The fraction of sp³-hybridized carbons (Fsp3) is 0.273. The zero-order valence-corrected chi connectivity index (χ0v) is 9.54. The molecule has 1 atom stereocenters. The molecule has 0 heterocycles. The molecule has 1 amide bonds. The number of nitrogens with two attached hydrogens (primary N) is 1. The van der Waals surface area contributed by atoms with E-state index < -0.39 is 35.1 Å².